The topological polar surface area (TPSA) is 15.3 Å². The van der Waals surface area contributed by atoms with Crippen LogP contribution in [0.5, 0.6) is 0 Å². The minimum Gasteiger partial charge on any atom is -0.314 e. The number of rotatable bonds is 3. The molecule has 3 heteroatoms. The average molecular weight is 234 g/mol. The van der Waals surface area contributed by atoms with E-state index in [4.69, 9.17) is 0 Å². The van der Waals surface area contributed by atoms with Crippen LogP contribution in [0, 0.1) is 12.7 Å². The first-order chi connectivity index (χ1) is 8.22. The van der Waals surface area contributed by atoms with Crippen molar-refractivity contribution in [2.45, 2.75) is 13.0 Å². The van der Waals surface area contributed by atoms with E-state index in [0.29, 0.717) is 5.56 Å². The molecule has 0 bridgehead atoms. The SMILES string of the molecule is C=C[C@@H](c1ccc(C)c(F)c1)N1CCNCC1. The normalized spacial score (nSPS) is 18.9. The van der Waals surface area contributed by atoms with Crippen molar-refractivity contribution in [3.8, 4) is 0 Å². The summed E-state index contributed by atoms with van der Waals surface area (Å²) in [5.74, 6) is -0.135. The van der Waals surface area contributed by atoms with Gasteiger partial charge in [0.25, 0.3) is 0 Å². The van der Waals surface area contributed by atoms with Crippen molar-refractivity contribution < 1.29 is 4.39 Å². The molecular formula is C14H19FN2. The molecule has 0 spiro atoms. The standard InChI is InChI=1S/C14H19FN2/c1-3-14(17-8-6-16-7-9-17)12-5-4-11(2)13(15)10-12/h3-5,10,14,16H,1,6-9H2,2H3/t14-/m0/s1. The largest absolute Gasteiger partial charge is 0.314 e. The monoisotopic (exact) mass is 234 g/mol. The number of nitrogens with zero attached hydrogens (tertiary/aromatic N) is 1. The van der Waals surface area contributed by atoms with E-state index >= 15 is 0 Å². The van der Waals surface area contributed by atoms with Crippen LogP contribution in [0.25, 0.3) is 0 Å². The van der Waals surface area contributed by atoms with E-state index < -0.39 is 0 Å². The molecule has 0 amide bonds. The van der Waals surface area contributed by atoms with E-state index in [1.807, 2.05) is 18.2 Å². The van der Waals surface area contributed by atoms with Gasteiger partial charge in [-0.15, -0.1) is 6.58 Å². The average Bonchev–Trinajstić information content (AvgIpc) is 2.36. The second kappa shape index (κ2) is 5.43. The maximum atomic E-state index is 13.6. The van der Waals surface area contributed by atoms with Crippen LogP contribution < -0.4 is 5.32 Å². The Bertz CT molecular complexity index is 397. The van der Waals surface area contributed by atoms with Crippen molar-refractivity contribution in [2.75, 3.05) is 26.2 Å². The summed E-state index contributed by atoms with van der Waals surface area (Å²) in [7, 11) is 0. The van der Waals surface area contributed by atoms with Crippen molar-refractivity contribution in [1.29, 1.82) is 0 Å². The molecule has 1 N–H and O–H groups in total. The summed E-state index contributed by atoms with van der Waals surface area (Å²) in [4.78, 5) is 2.33. The second-order valence-electron chi connectivity index (χ2n) is 4.48. The number of aryl methyl sites for hydroxylation is 1. The first-order valence-electron chi connectivity index (χ1n) is 6.06. The van der Waals surface area contributed by atoms with Gasteiger partial charge in [-0.05, 0) is 24.1 Å². The number of hydrogen-bond donors (Lipinski definition) is 1. The van der Waals surface area contributed by atoms with Crippen LogP contribution in [0.1, 0.15) is 17.2 Å². The van der Waals surface area contributed by atoms with E-state index in [-0.39, 0.29) is 11.9 Å². The Morgan fingerprint density at radius 1 is 1.41 bits per heavy atom. The number of nitrogens with one attached hydrogen (secondary N) is 1. The zero-order valence-electron chi connectivity index (χ0n) is 10.2. The van der Waals surface area contributed by atoms with Crippen LogP contribution in [0.15, 0.2) is 30.9 Å². The highest BCUT2D eigenvalue weighted by molar-refractivity contribution is 5.28. The van der Waals surface area contributed by atoms with Gasteiger partial charge in [0, 0.05) is 26.2 Å². The predicted molar refractivity (Wildman–Crippen MR) is 68.5 cm³/mol. The van der Waals surface area contributed by atoms with Crippen LogP contribution in [0.2, 0.25) is 0 Å². The maximum absolute atomic E-state index is 13.6. The molecule has 0 radical (unpaired) electrons. The van der Waals surface area contributed by atoms with Gasteiger partial charge in [0.05, 0.1) is 6.04 Å². The first kappa shape index (κ1) is 12.3. The summed E-state index contributed by atoms with van der Waals surface area (Å²) in [6, 6.07) is 5.58. The molecule has 1 aromatic carbocycles. The highest BCUT2D eigenvalue weighted by Gasteiger charge is 2.19. The lowest BCUT2D eigenvalue weighted by molar-refractivity contribution is 0.203. The fourth-order valence-electron chi connectivity index (χ4n) is 2.25. The number of halogens is 1. The van der Waals surface area contributed by atoms with Gasteiger partial charge in [0.2, 0.25) is 0 Å². The van der Waals surface area contributed by atoms with Gasteiger partial charge in [-0.2, -0.15) is 0 Å². The molecule has 0 saturated carbocycles. The third-order valence-corrected chi connectivity index (χ3v) is 3.31. The molecule has 2 nitrogen and oxygen atoms in total. The Labute approximate surface area is 102 Å². The molecule has 1 fully saturated rings. The Balaban J connectivity index is 2.21. The molecule has 1 aliphatic heterocycles. The fourth-order valence-corrected chi connectivity index (χ4v) is 2.25. The smallest absolute Gasteiger partial charge is 0.126 e. The molecule has 2 rings (SSSR count). The number of benzene rings is 1. The summed E-state index contributed by atoms with van der Waals surface area (Å²) < 4.78 is 13.6. The van der Waals surface area contributed by atoms with Gasteiger partial charge in [-0.3, -0.25) is 4.90 Å². The zero-order valence-corrected chi connectivity index (χ0v) is 10.2. The Hall–Kier alpha value is -1.19. The highest BCUT2D eigenvalue weighted by atomic mass is 19.1. The molecular weight excluding hydrogens is 215 g/mol. The summed E-state index contributed by atoms with van der Waals surface area (Å²) >= 11 is 0. The van der Waals surface area contributed by atoms with E-state index in [1.54, 1.807) is 13.0 Å². The highest BCUT2D eigenvalue weighted by Crippen LogP contribution is 2.23. The van der Waals surface area contributed by atoms with E-state index in [2.05, 4.69) is 16.8 Å². The van der Waals surface area contributed by atoms with E-state index in [1.165, 1.54) is 0 Å². The van der Waals surface area contributed by atoms with Gasteiger partial charge in [-0.1, -0.05) is 18.2 Å². The van der Waals surface area contributed by atoms with Crippen LogP contribution in [-0.2, 0) is 0 Å². The van der Waals surface area contributed by atoms with Crippen LogP contribution >= 0.6 is 0 Å². The molecule has 1 saturated heterocycles. The van der Waals surface area contributed by atoms with Crippen molar-refractivity contribution in [3.05, 3.63) is 47.8 Å². The summed E-state index contributed by atoms with van der Waals surface area (Å²) in [5, 5.41) is 3.32. The molecule has 0 aromatic heterocycles. The van der Waals surface area contributed by atoms with Gasteiger partial charge in [-0.25, -0.2) is 4.39 Å². The third kappa shape index (κ3) is 2.73. The fraction of sp³-hybridized carbons (Fsp3) is 0.429. The number of hydrogen-bond acceptors (Lipinski definition) is 2. The Kier molecular flexibility index (Phi) is 3.92. The second-order valence-corrected chi connectivity index (χ2v) is 4.48. The van der Waals surface area contributed by atoms with Gasteiger partial charge < -0.3 is 5.32 Å². The molecule has 1 heterocycles. The number of piperazine rings is 1. The van der Waals surface area contributed by atoms with E-state index in [0.717, 1.165) is 31.7 Å². The van der Waals surface area contributed by atoms with Crippen LogP contribution in [-0.4, -0.2) is 31.1 Å². The van der Waals surface area contributed by atoms with Crippen LogP contribution in [0.3, 0.4) is 0 Å². The predicted octanol–water partition coefficient (Wildman–Crippen LogP) is 2.27. The lowest BCUT2D eigenvalue weighted by Gasteiger charge is -2.33. The van der Waals surface area contributed by atoms with Crippen molar-refractivity contribution in [1.82, 2.24) is 10.2 Å². The quantitative estimate of drug-likeness (QED) is 0.807. The first-order valence-corrected chi connectivity index (χ1v) is 6.06. The van der Waals surface area contributed by atoms with Crippen molar-refractivity contribution in [3.63, 3.8) is 0 Å². The maximum Gasteiger partial charge on any atom is 0.126 e. The zero-order chi connectivity index (χ0) is 12.3. The lowest BCUT2D eigenvalue weighted by atomic mass is 10.0. The van der Waals surface area contributed by atoms with Crippen LogP contribution in [0.4, 0.5) is 4.39 Å². The molecule has 17 heavy (non-hydrogen) atoms. The van der Waals surface area contributed by atoms with Gasteiger partial charge in [0.15, 0.2) is 0 Å². The molecule has 1 atom stereocenters. The Morgan fingerprint density at radius 3 is 2.71 bits per heavy atom. The molecule has 1 aromatic rings. The summed E-state index contributed by atoms with van der Waals surface area (Å²) in [5.41, 5.74) is 1.68. The van der Waals surface area contributed by atoms with Crippen molar-refractivity contribution in [2.24, 2.45) is 0 Å². The Morgan fingerprint density at radius 2 is 2.12 bits per heavy atom. The molecule has 0 unspecified atom stereocenters. The van der Waals surface area contributed by atoms with Gasteiger partial charge in [0.1, 0.15) is 5.82 Å². The third-order valence-electron chi connectivity index (χ3n) is 3.31. The molecule has 1 aliphatic rings. The van der Waals surface area contributed by atoms with Gasteiger partial charge >= 0.3 is 0 Å². The molecule has 0 aliphatic carbocycles. The summed E-state index contributed by atoms with van der Waals surface area (Å²) in [6.07, 6.45) is 1.90. The van der Waals surface area contributed by atoms with Crippen molar-refractivity contribution >= 4 is 0 Å². The van der Waals surface area contributed by atoms with E-state index in [9.17, 15) is 4.39 Å². The lowest BCUT2D eigenvalue weighted by Crippen LogP contribution is -2.44. The molecule has 92 valence electrons. The minimum absolute atomic E-state index is 0.118. The minimum atomic E-state index is -0.135. The summed E-state index contributed by atoms with van der Waals surface area (Å²) in [6.45, 7) is 9.59.